The molecule has 0 unspecified atom stereocenters. The smallest absolute Gasteiger partial charge is 0.316 e. The molecule has 0 radical (unpaired) electrons. The Hall–Kier alpha value is -4.29. The van der Waals surface area contributed by atoms with Crippen molar-refractivity contribution in [2.24, 2.45) is 5.92 Å². The molecule has 3 saturated heterocycles. The molecular weight excluding hydrogens is 793 g/mol. The highest BCUT2D eigenvalue weighted by Gasteiger charge is 2.46. The van der Waals surface area contributed by atoms with Crippen molar-refractivity contribution in [3.63, 3.8) is 0 Å². The number of rotatable bonds is 15. The average molecular weight is 861 g/mol. The van der Waals surface area contributed by atoms with Crippen LogP contribution >= 0.6 is 0 Å². The number of aromatic hydroxyl groups is 1. The summed E-state index contributed by atoms with van der Waals surface area (Å²) in [7, 11) is -2.22. The van der Waals surface area contributed by atoms with Crippen LogP contribution in [0.25, 0.3) is 10.9 Å². The molecule has 1 aromatic heterocycles. The third kappa shape index (κ3) is 9.47. The van der Waals surface area contributed by atoms with Crippen molar-refractivity contribution in [1.29, 1.82) is 0 Å². The number of benzene rings is 3. The number of aromatic nitrogens is 1. The van der Waals surface area contributed by atoms with Crippen molar-refractivity contribution in [2.45, 2.75) is 140 Å². The van der Waals surface area contributed by atoms with Gasteiger partial charge in [-0.25, -0.2) is 0 Å². The second-order valence-corrected chi connectivity index (χ2v) is 24.9. The van der Waals surface area contributed by atoms with E-state index in [9.17, 15) is 19.5 Å². The van der Waals surface area contributed by atoms with Gasteiger partial charge in [-0.1, -0.05) is 82.5 Å². The largest absolute Gasteiger partial charge is 0.506 e. The minimum Gasteiger partial charge on any atom is -0.506 e. The van der Waals surface area contributed by atoms with Crippen molar-refractivity contribution >= 4 is 36.8 Å². The highest BCUT2D eigenvalue weighted by molar-refractivity contribution is 6.74. The number of amides is 1. The molecular formula is C51H68N4O6Si. The van der Waals surface area contributed by atoms with Crippen LogP contribution in [0.1, 0.15) is 119 Å². The van der Waals surface area contributed by atoms with Gasteiger partial charge in [0.25, 0.3) is 0 Å². The number of carbonyl (C=O) groups is 2. The number of aromatic amines is 1. The minimum atomic E-state index is -2.22. The molecule has 9 rings (SSSR count). The number of pyridine rings is 1. The van der Waals surface area contributed by atoms with Crippen LogP contribution in [0, 0.1) is 5.92 Å². The molecule has 1 aliphatic carbocycles. The quantitative estimate of drug-likeness (QED) is 0.0615. The van der Waals surface area contributed by atoms with Crippen molar-refractivity contribution in [3.8, 4) is 5.75 Å². The minimum absolute atomic E-state index is 0.00320. The number of piperidine rings is 3. The Morgan fingerprint density at radius 3 is 2.48 bits per heavy atom. The standard InChI is InChI=1S/C51H68N4O6Si/c1-50(2,3)62(4,5)61-44(40-17-20-43(56)48-41(40)18-21-46(57)53-48)33-52-32-36-15-19-42-38(30-36)16-22-47(58)55(42)27-10-7-12-35-13-11-14-39(31-35)51(25-8-6-9-26-51)49(59)60-45-34-54-28-23-37(45)24-29-54/h11,13-15,17-21,30-31,37,44-45,52,56H,6-10,12,16,22-29,32-34H2,1-5H3,(H,53,57)/t44-,45-/m0/s1. The maximum Gasteiger partial charge on any atom is 0.316 e. The summed E-state index contributed by atoms with van der Waals surface area (Å²) in [6.07, 6.45) is 11.0. The number of nitrogens with one attached hydrogen (secondary N) is 2. The fourth-order valence-corrected chi connectivity index (χ4v) is 11.6. The predicted octanol–water partition coefficient (Wildman–Crippen LogP) is 9.23. The molecule has 10 nitrogen and oxygen atoms in total. The van der Waals surface area contributed by atoms with E-state index in [-0.39, 0.29) is 40.4 Å². The normalized spacial score (nSPS) is 21.8. The second-order valence-electron chi connectivity index (χ2n) is 20.2. The van der Waals surface area contributed by atoms with Crippen LogP contribution in [0.4, 0.5) is 5.69 Å². The van der Waals surface area contributed by atoms with Crippen LogP contribution in [0.15, 0.2) is 71.5 Å². The first-order chi connectivity index (χ1) is 29.7. The summed E-state index contributed by atoms with van der Waals surface area (Å²) in [4.78, 5) is 46.9. The van der Waals surface area contributed by atoms with Gasteiger partial charge >= 0.3 is 5.97 Å². The summed E-state index contributed by atoms with van der Waals surface area (Å²) >= 11 is 0. The fourth-order valence-electron chi connectivity index (χ4n) is 10.3. The third-order valence-corrected chi connectivity index (χ3v) is 19.5. The molecule has 5 heterocycles. The Kier molecular flexibility index (Phi) is 13.2. The maximum atomic E-state index is 14.1. The Bertz CT molecular complexity index is 2300. The number of aryl methyl sites for hydroxylation is 2. The molecule has 0 spiro atoms. The molecule has 4 aromatic rings. The Morgan fingerprint density at radius 2 is 1.74 bits per heavy atom. The molecule has 62 heavy (non-hydrogen) atoms. The van der Waals surface area contributed by atoms with Crippen LogP contribution in [-0.2, 0) is 43.6 Å². The first-order valence-corrected chi connectivity index (χ1v) is 26.3. The number of esters is 1. The van der Waals surface area contributed by atoms with Gasteiger partial charge in [0.1, 0.15) is 11.9 Å². The second kappa shape index (κ2) is 18.4. The van der Waals surface area contributed by atoms with Crippen LogP contribution < -0.4 is 15.8 Å². The SMILES string of the molecule is CC(C)(C)[Si](C)(C)O[C@@H](CNCc1ccc2c(c1)CCC(=O)N2CCCCc1cccc(C2(C(=O)O[C@H]3CN4CCC3CC4)CCCCC2)c1)c1ccc(O)c2[nH]c(=O)ccc12. The molecule has 2 bridgehead atoms. The van der Waals surface area contributed by atoms with E-state index >= 15 is 0 Å². The van der Waals surface area contributed by atoms with Gasteiger partial charge in [0.2, 0.25) is 11.5 Å². The fraction of sp³-hybridized carbons (Fsp3) is 0.549. The van der Waals surface area contributed by atoms with E-state index in [1.807, 2.05) is 11.0 Å². The van der Waals surface area contributed by atoms with Crippen molar-refractivity contribution in [2.75, 3.05) is 37.6 Å². The number of unbranched alkanes of at least 4 members (excludes halogenated alkanes) is 1. The maximum absolute atomic E-state index is 14.1. The Balaban J connectivity index is 0.892. The summed E-state index contributed by atoms with van der Waals surface area (Å²) in [5.41, 5.74) is 6.25. The number of ether oxygens (including phenoxy) is 1. The van der Waals surface area contributed by atoms with E-state index in [0.29, 0.717) is 37.5 Å². The van der Waals surface area contributed by atoms with E-state index in [1.165, 1.54) is 23.6 Å². The lowest BCUT2D eigenvalue weighted by Gasteiger charge is -2.45. The number of hydrogen-bond donors (Lipinski definition) is 3. The zero-order valence-electron chi connectivity index (χ0n) is 37.7. The number of nitrogens with zero attached hydrogens (tertiary/aromatic N) is 2. The molecule has 4 aliphatic heterocycles. The van der Waals surface area contributed by atoms with Crippen LogP contribution in [-0.4, -0.2) is 74.0 Å². The number of phenols is 1. The van der Waals surface area contributed by atoms with Crippen molar-refractivity contribution < 1.29 is 23.9 Å². The summed E-state index contributed by atoms with van der Waals surface area (Å²) in [6, 6.07) is 22.0. The van der Waals surface area contributed by atoms with Gasteiger partial charge in [-0.3, -0.25) is 19.3 Å². The zero-order chi connectivity index (χ0) is 43.6. The molecule has 1 saturated carbocycles. The van der Waals surface area contributed by atoms with E-state index < -0.39 is 13.7 Å². The monoisotopic (exact) mass is 860 g/mol. The van der Waals surface area contributed by atoms with E-state index in [4.69, 9.17) is 9.16 Å². The molecule has 4 fully saturated rings. The number of carbonyl (C=O) groups excluding carboxylic acids is 2. The summed E-state index contributed by atoms with van der Waals surface area (Å²) in [5, 5.41) is 15.0. The lowest BCUT2D eigenvalue weighted by Crippen LogP contribution is -2.53. The van der Waals surface area contributed by atoms with Crippen LogP contribution in [0.3, 0.4) is 0 Å². The summed E-state index contributed by atoms with van der Waals surface area (Å²) in [6.45, 7) is 16.2. The number of anilines is 1. The third-order valence-electron chi connectivity index (χ3n) is 15.0. The van der Waals surface area contributed by atoms with E-state index in [0.717, 1.165) is 112 Å². The number of fused-ring (bicyclic) bond motifs is 5. The zero-order valence-corrected chi connectivity index (χ0v) is 38.7. The molecule has 11 heteroatoms. The Morgan fingerprint density at radius 1 is 0.952 bits per heavy atom. The average Bonchev–Trinajstić information content (AvgIpc) is 3.26. The predicted molar refractivity (Wildman–Crippen MR) is 249 cm³/mol. The summed E-state index contributed by atoms with van der Waals surface area (Å²) in [5.74, 6) is 0.714. The Labute approximate surface area is 368 Å². The lowest BCUT2D eigenvalue weighted by molar-refractivity contribution is -0.167. The highest BCUT2D eigenvalue weighted by Crippen LogP contribution is 2.44. The number of hydrogen-bond acceptors (Lipinski definition) is 8. The van der Waals surface area contributed by atoms with Gasteiger partial charge < -0.3 is 29.5 Å². The first-order valence-electron chi connectivity index (χ1n) is 23.4. The molecule has 5 aliphatic rings. The van der Waals surface area contributed by atoms with E-state index in [2.05, 4.69) is 91.5 Å². The van der Waals surface area contributed by atoms with Gasteiger partial charge in [-0.05, 0) is 135 Å². The molecule has 1 amide bonds. The topological polar surface area (TPSA) is 124 Å². The van der Waals surface area contributed by atoms with Gasteiger partial charge in [0, 0.05) is 49.7 Å². The van der Waals surface area contributed by atoms with Gasteiger partial charge in [-0.2, -0.15) is 0 Å². The van der Waals surface area contributed by atoms with E-state index in [1.54, 1.807) is 12.1 Å². The van der Waals surface area contributed by atoms with Crippen molar-refractivity contribution in [3.05, 3.63) is 105 Å². The van der Waals surface area contributed by atoms with Gasteiger partial charge in [0.15, 0.2) is 8.32 Å². The molecule has 3 aromatic carbocycles. The highest BCUT2D eigenvalue weighted by atomic mass is 28.4. The van der Waals surface area contributed by atoms with Gasteiger partial charge in [-0.15, -0.1) is 0 Å². The number of H-pyrrole nitrogens is 1. The van der Waals surface area contributed by atoms with Crippen LogP contribution in [0.2, 0.25) is 18.1 Å². The molecule has 3 N–H and O–H groups in total. The molecule has 2 atom stereocenters. The van der Waals surface area contributed by atoms with Crippen molar-refractivity contribution in [1.82, 2.24) is 15.2 Å². The lowest BCUT2D eigenvalue weighted by atomic mass is 9.69. The molecule has 332 valence electrons. The van der Waals surface area contributed by atoms with Crippen LogP contribution in [0.5, 0.6) is 5.75 Å². The summed E-state index contributed by atoms with van der Waals surface area (Å²) < 4.78 is 13.4. The van der Waals surface area contributed by atoms with Gasteiger partial charge in [0.05, 0.1) is 17.0 Å². The first kappa shape index (κ1) is 44.3. The number of phenolic OH excluding ortho intramolecular Hbond substituents is 1.